The second-order valence-electron chi connectivity index (χ2n) is 7.84. The summed E-state index contributed by atoms with van der Waals surface area (Å²) in [5.41, 5.74) is 1.34. The van der Waals surface area contributed by atoms with E-state index >= 15 is 0 Å². The van der Waals surface area contributed by atoms with Gasteiger partial charge < -0.3 is 5.32 Å². The fourth-order valence-corrected chi connectivity index (χ4v) is 4.11. The topological polar surface area (TPSA) is 90.4 Å². The van der Waals surface area contributed by atoms with E-state index < -0.39 is 11.6 Å². The number of aromatic nitrogens is 4. The molecule has 170 valence electrons. The predicted octanol–water partition coefficient (Wildman–Crippen LogP) is 2.83. The van der Waals surface area contributed by atoms with Crippen molar-refractivity contribution in [2.24, 2.45) is 0 Å². The molecule has 1 amide bonds. The molecule has 2 aromatic heterocycles. The summed E-state index contributed by atoms with van der Waals surface area (Å²) in [6, 6.07) is 23.5. The van der Waals surface area contributed by atoms with Crippen molar-refractivity contribution < 1.29 is 4.79 Å². The molecule has 0 aliphatic heterocycles. The number of carbonyl (C=O) groups excluding carboxylic acids is 1. The van der Waals surface area contributed by atoms with Crippen LogP contribution < -0.4 is 16.6 Å². The molecule has 0 fully saturated rings. The van der Waals surface area contributed by atoms with Crippen LogP contribution in [-0.4, -0.2) is 24.7 Å². The van der Waals surface area contributed by atoms with Crippen LogP contribution in [0.1, 0.15) is 11.1 Å². The second-order valence-corrected chi connectivity index (χ2v) is 8.25. The van der Waals surface area contributed by atoms with Gasteiger partial charge in [-0.2, -0.15) is 0 Å². The zero-order chi connectivity index (χ0) is 23.7. The first-order chi connectivity index (χ1) is 16.5. The Morgan fingerprint density at radius 2 is 1.62 bits per heavy atom. The smallest absolute Gasteiger partial charge is 0.350 e. The summed E-state index contributed by atoms with van der Waals surface area (Å²) in [6.07, 6.45) is 0. The lowest BCUT2D eigenvalue weighted by Gasteiger charge is -2.09. The maximum absolute atomic E-state index is 13.3. The van der Waals surface area contributed by atoms with E-state index in [1.807, 2.05) is 48.5 Å². The van der Waals surface area contributed by atoms with Gasteiger partial charge in [0, 0.05) is 11.6 Å². The molecule has 5 rings (SSSR count). The molecule has 2 heterocycles. The molecule has 0 aliphatic rings. The Kier molecular flexibility index (Phi) is 5.73. The molecule has 0 radical (unpaired) electrons. The molecular weight excluding hydrogens is 454 g/mol. The normalized spacial score (nSPS) is 11.2. The van der Waals surface area contributed by atoms with Crippen molar-refractivity contribution in [1.82, 2.24) is 24.1 Å². The van der Waals surface area contributed by atoms with Crippen LogP contribution >= 0.6 is 11.6 Å². The van der Waals surface area contributed by atoms with Gasteiger partial charge in [0.05, 0.1) is 17.4 Å². The molecular formula is C25H20ClN5O3. The first-order valence-corrected chi connectivity index (χ1v) is 11.1. The van der Waals surface area contributed by atoms with E-state index in [2.05, 4.69) is 10.4 Å². The van der Waals surface area contributed by atoms with Crippen LogP contribution in [0.4, 0.5) is 0 Å². The molecule has 0 saturated heterocycles. The molecule has 9 heteroatoms. The molecule has 0 saturated carbocycles. The Morgan fingerprint density at radius 3 is 2.41 bits per heavy atom. The fraction of sp³-hybridized carbons (Fsp3) is 0.120. The lowest BCUT2D eigenvalue weighted by atomic mass is 10.2. The first-order valence-electron chi connectivity index (χ1n) is 10.7. The van der Waals surface area contributed by atoms with Gasteiger partial charge in [0.1, 0.15) is 6.54 Å². The molecule has 8 nitrogen and oxygen atoms in total. The molecule has 0 aliphatic carbocycles. The summed E-state index contributed by atoms with van der Waals surface area (Å²) in [7, 11) is 0. The number of amides is 1. The highest BCUT2D eigenvalue weighted by atomic mass is 35.5. The number of carbonyl (C=O) groups is 1. The average molecular weight is 474 g/mol. The number of para-hydroxylation sites is 1. The van der Waals surface area contributed by atoms with Crippen LogP contribution in [0.2, 0.25) is 5.02 Å². The van der Waals surface area contributed by atoms with Crippen molar-refractivity contribution >= 4 is 34.2 Å². The minimum absolute atomic E-state index is 0.177. The highest BCUT2D eigenvalue weighted by Crippen LogP contribution is 2.15. The van der Waals surface area contributed by atoms with E-state index in [1.165, 1.54) is 8.97 Å². The van der Waals surface area contributed by atoms with Gasteiger partial charge in [0.15, 0.2) is 0 Å². The maximum atomic E-state index is 13.3. The Morgan fingerprint density at radius 1 is 0.912 bits per heavy atom. The lowest BCUT2D eigenvalue weighted by molar-refractivity contribution is -0.122. The number of nitrogens with zero attached hydrogens (tertiary/aromatic N) is 4. The number of benzene rings is 3. The third kappa shape index (κ3) is 3.99. The summed E-state index contributed by atoms with van der Waals surface area (Å²) in [5, 5.41) is 8.08. The number of hydrogen-bond donors (Lipinski definition) is 1. The van der Waals surface area contributed by atoms with Crippen LogP contribution in [0.5, 0.6) is 0 Å². The number of rotatable bonds is 6. The second kappa shape index (κ2) is 8.99. The summed E-state index contributed by atoms with van der Waals surface area (Å²) < 4.78 is 3.91. The van der Waals surface area contributed by atoms with E-state index in [1.54, 1.807) is 30.3 Å². The van der Waals surface area contributed by atoms with Gasteiger partial charge in [0.25, 0.3) is 5.56 Å². The number of hydrogen-bond acceptors (Lipinski definition) is 4. The molecule has 0 atom stereocenters. The van der Waals surface area contributed by atoms with Crippen LogP contribution in [0.15, 0.2) is 88.5 Å². The molecule has 0 spiro atoms. The van der Waals surface area contributed by atoms with E-state index in [4.69, 9.17) is 11.6 Å². The van der Waals surface area contributed by atoms with E-state index in [9.17, 15) is 14.4 Å². The van der Waals surface area contributed by atoms with Gasteiger partial charge in [-0.3, -0.25) is 14.2 Å². The first kappa shape index (κ1) is 21.7. The Hall–Kier alpha value is -4.17. The molecule has 1 N–H and O–H groups in total. The van der Waals surface area contributed by atoms with Gasteiger partial charge >= 0.3 is 5.69 Å². The molecule has 0 unspecified atom stereocenters. The predicted molar refractivity (Wildman–Crippen MR) is 130 cm³/mol. The Bertz CT molecular complexity index is 1640. The minimum atomic E-state index is -0.499. The van der Waals surface area contributed by atoms with E-state index in [-0.39, 0.29) is 31.0 Å². The minimum Gasteiger partial charge on any atom is -0.350 e. The van der Waals surface area contributed by atoms with Crippen molar-refractivity contribution in [3.05, 3.63) is 116 Å². The third-order valence-electron chi connectivity index (χ3n) is 5.59. The van der Waals surface area contributed by atoms with Crippen LogP contribution in [0.3, 0.4) is 0 Å². The SMILES string of the molecule is O=C(Cn1nc2n(Cc3ccccc3)c(=O)c3ccccc3n2c1=O)NCc1ccccc1Cl. The molecule has 34 heavy (non-hydrogen) atoms. The molecule has 3 aromatic carbocycles. The van der Waals surface area contributed by atoms with Gasteiger partial charge in [-0.05, 0) is 29.3 Å². The van der Waals surface area contributed by atoms with Gasteiger partial charge in [-0.25, -0.2) is 13.9 Å². The quantitative estimate of drug-likeness (QED) is 0.410. The number of nitrogens with one attached hydrogen (secondary N) is 1. The zero-order valence-electron chi connectivity index (χ0n) is 18.0. The molecule has 0 bridgehead atoms. The Labute approximate surface area is 198 Å². The van der Waals surface area contributed by atoms with Crippen molar-refractivity contribution in [2.45, 2.75) is 19.6 Å². The number of fused-ring (bicyclic) bond motifs is 3. The summed E-state index contributed by atoms with van der Waals surface area (Å²) >= 11 is 6.15. The Balaban J connectivity index is 1.54. The van der Waals surface area contributed by atoms with Crippen molar-refractivity contribution in [2.75, 3.05) is 0 Å². The lowest BCUT2D eigenvalue weighted by Crippen LogP contribution is -2.32. The van der Waals surface area contributed by atoms with Crippen LogP contribution in [0.25, 0.3) is 16.7 Å². The van der Waals surface area contributed by atoms with Crippen LogP contribution in [0, 0.1) is 0 Å². The molecule has 5 aromatic rings. The number of halogens is 1. The van der Waals surface area contributed by atoms with E-state index in [0.717, 1.165) is 15.8 Å². The summed E-state index contributed by atoms with van der Waals surface area (Å²) in [4.78, 5) is 39.2. The van der Waals surface area contributed by atoms with Crippen LogP contribution in [-0.2, 0) is 24.4 Å². The highest BCUT2D eigenvalue weighted by Gasteiger charge is 2.19. The zero-order valence-corrected chi connectivity index (χ0v) is 18.8. The van der Waals surface area contributed by atoms with Crippen molar-refractivity contribution in [1.29, 1.82) is 0 Å². The highest BCUT2D eigenvalue weighted by molar-refractivity contribution is 6.31. The van der Waals surface area contributed by atoms with Gasteiger partial charge in [-0.15, -0.1) is 5.10 Å². The third-order valence-corrected chi connectivity index (χ3v) is 5.96. The average Bonchev–Trinajstić information content (AvgIpc) is 3.17. The summed E-state index contributed by atoms with van der Waals surface area (Å²) in [5.74, 6) is -0.219. The van der Waals surface area contributed by atoms with Crippen molar-refractivity contribution in [3.63, 3.8) is 0 Å². The van der Waals surface area contributed by atoms with Crippen molar-refractivity contribution in [3.8, 4) is 0 Å². The monoisotopic (exact) mass is 473 g/mol. The summed E-state index contributed by atoms with van der Waals surface area (Å²) in [6.45, 7) is 0.171. The largest absolute Gasteiger partial charge is 0.352 e. The fourth-order valence-electron chi connectivity index (χ4n) is 3.91. The standard InChI is InChI=1S/C25H20ClN5O3/c26-20-12-6-4-10-18(20)14-27-22(32)16-30-25(34)31-21-13-7-5-11-19(21)23(33)29(24(31)28-30)15-17-8-2-1-3-9-17/h1-13H,14-16H2,(H,27,32). The maximum Gasteiger partial charge on any atom is 0.352 e. The van der Waals surface area contributed by atoms with E-state index in [0.29, 0.717) is 15.9 Å². The van der Waals surface area contributed by atoms with Gasteiger partial charge in [-0.1, -0.05) is 72.3 Å². The van der Waals surface area contributed by atoms with Gasteiger partial charge in [0.2, 0.25) is 11.7 Å².